The number of halogens is 1. The molecule has 0 aliphatic heterocycles. The fourth-order valence-corrected chi connectivity index (χ4v) is 3.39. The zero-order valence-corrected chi connectivity index (χ0v) is 13.4. The Hall–Kier alpha value is -1.59. The number of anilines is 1. The second-order valence-electron chi connectivity index (χ2n) is 4.45. The monoisotopic (exact) mass is 347 g/mol. The molecule has 20 heavy (non-hydrogen) atoms. The van der Waals surface area contributed by atoms with Gasteiger partial charge in [-0.1, -0.05) is 25.1 Å². The summed E-state index contributed by atoms with van der Waals surface area (Å²) in [5, 5.41) is 6.81. The highest BCUT2D eigenvalue weighted by Crippen LogP contribution is 2.34. The average Bonchev–Trinajstić information content (AvgIpc) is 3.03. The summed E-state index contributed by atoms with van der Waals surface area (Å²) in [6.07, 6.45) is 0.863. The largest absolute Gasteiger partial charge is 0.383 e. The molecular formula is C15H14BrN3S. The predicted octanol–water partition coefficient (Wildman–Crippen LogP) is 4.51. The van der Waals surface area contributed by atoms with Crippen LogP contribution in [0.5, 0.6) is 0 Å². The van der Waals surface area contributed by atoms with Crippen LogP contribution >= 0.6 is 27.3 Å². The third-order valence-electron chi connectivity index (χ3n) is 3.22. The first kappa shape index (κ1) is 13.4. The minimum Gasteiger partial charge on any atom is -0.383 e. The van der Waals surface area contributed by atoms with Crippen LogP contribution < -0.4 is 5.73 Å². The van der Waals surface area contributed by atoms with Crippen LogP contribution in [0.1, 0.15) is 12.5 Å². The van der Waals surface area contributed by atoms with Gasteiger partial charge in [0.1, 0.15) is 5.82 Å². The maximum Gasteiger partial charge on any atom is 0.131 e. The van der Waals surface area contributed by atoms with Crippen LogP contribution in [0.15, 0.2) is 45.6 Å². The molecule has 0 amide bonds. The molecule has 102 valence electrons. The van der Waals surface area contributed by atoms with Gasteiger partial charge < -0.3 is 5.73 Å². The summed E-state index contributed by atoms with van der Waals surface area (Å²) >= 11 is 5.15. The normalized spacial score (nSPS) is 10.9. The standard InChI is InChI=1S/C15H14BrN3S/c1-2-12-14(10-8-13(16)20-9-10)18-19(15(12)17)11-6-4-3-5-7-11/h3-9H,2,17H2,1H3. The van der Waals surface area contributed by atoms with E-state index in [-0.39, 0.29) is 0 Å². The molecule has 0 spiro atoms. The number of nitrogen functional groups attached to an aromatic ring is 1. The number of thiophene rings is 1. The van der Waals surface area contributed by atoms with E-state index in [1.54, 1.807) is 11.3 Å². The second-order valence-corrected chi connectivity index (χ2v) is 6.74. The number of hydrogen-bond acceptors (Lipinski definition) is 3. The molecule has 1 aromatic carbocycles. The Labute approximate surface area is 130 Å². The summed E-state index contributed by atoms with van der Waals surface area (Å²) in [7, 11) is 0. The Morgan fingerprint density at radius 3 is 2.65 bits per heavy atom. The molecule has 3 nitrogen and oxygen atoms in total. The second kappa shape index (κ2) is 5.42. The van der Waals surface area contributed by atoms with Gasteiger partial charge in [0.05, 0.1) is 15.2 Å². The van der Waals surface area contributed by atoms with E-state index in [2.05, 4.69) is 34.3 Å². The van der Waals surface area contributed by atoms with Gasteiger partial charge in [-0.15, -0.1) is 11.3 Å². The van der Waals surface area contributed by atoms with Crippen LogP contribution in [0, 0.1) is 0 Å². The smallest absolute Gasteiger partial charge is 0.131 e. The van der Waals surface area contributed by atoms with Gasteiger partial charge in [-0.3, -0.25) is 0 Å². The molecule has 0 radical (unpaired) electrons. The van der Waals surface area contributed by atoms with Crippen LogP contribution in [0.4, 0.5) is 5.82 Å². The first-order valence-electron chi connectivity index (χ1n) is 6.38. The quantitative estimate of drug-likeness (QED) is 0.757. The molecule has 3 rings (SSSR count). The van der Waals surface area contributed by atoms with E-state index >= 15 is 0 Å². The van der Waals surface area contributed by atoms with Crippen molar-refractivity contribution < 1.29 is 0 Å². The van der Waals surface area contributed by atoms with E-state index in [0.29, 0.717) is 0 Å². The number of nitrogens with two attached hydrogens (primary N) is 1. The topological polar surface area (TPSA) is 43.8 Å². The number of para-hydroxylation sites is 1. The first-order chi connectivity index (χ1) is 9.70. The van der Waals surface area contributed by atoms with Gasteiger partial charge in [0.25, 0.3) is 0 Å². The Morgan fingerprint density at radius 2 is 2.05 bits per heavy atom. The highest BCUT2D eigenvalue weighted by Gasteiger charge is 2.17. The Balaban J connectivity index is 2.17. The number of aromatic nitrogens is 2. The summed E-state index contributed by atoms with van der Waals surface area (Å²) in [5.74, 6) is 0.719. The van der Waals surface area contributed by atoms with Crippen molar-refractivity contribution in [3.63, 3.8) is 0 Å². The summed E-state index contributed by atoms with van der Waals surface area (Å²) in [6, 6.07) is 12.1. The van der Waals surface area contributed by atoms with E-state index < -0.39 is 0 Å². The Kier molecular flexibility index (Phi) is 3.63. The molecule has 0 saturated heterocycles. The molecule has 2 heterocycles. The van der Waals surface area contributed by atoms with Gasteiger partial charge in [-0.25, -0.2) is 4.68 Å². The van der Waals surface area contributed by atoms with Crippen molar-refractivity contribution >= 4 is 33.1 Å². The van der Waals surface area contributed by atoms with Crippen LogP contribution in [-0.2, 0) is 6.42 Å². The summed E-state index contributed by atoms with van der Waals surface area (Å²) in [4.78, 5) is 0. The molecule has 0 atom stereocenters. The Bertz CT molecular complexity index is 731. The van der Waals surface area contributed by atoms with Crippen LogP contribution in [0.3, 0.4) is 0 Å². The van der Waals surface area contributed by atoms with Crippen LogP contribution in [0.2, 0.25) is 0 Å². The Morgan fingerprint density at radius 1 is 1.30 bits per heavy atom. The minimum atomic E-state index is 0.719. The highest BCUT2D eigenvalue weighted by molar-refractivity contribution is 9.11. The van der Waals surface area contributed by atoms with Gasteiger partial charge >= 0.3 is 0 Å². The molecule has 0 aliphatic carbocycles. The minimum absolute atomic E-state index is 0.719. The maximum absolute atomic E-state index is 6.28. The zero-order chi connectivity index (χ0) is 14.1. The van der Waals surface area contributed by atoms with Gasteiger partial charge in [0, 0.05) is 16.5 Å². The first-order valence-corrected chi connectivity index (χ1v) is 8.05. The predicted molar refractivity (Wildman–Crippen MR) is 88.4 cm³/mol. The number of nitrogens with zero attached hydrogens (tertiary/aromatic N) is 2. The van der Waals surface area contributed by atoms with Crippen molar-refractivity contribution in [2.75, 3.05) is 5.73 Å². The van der Waals surface area contributed by atoms with Crippen LogP contribution in [-0.4, -0.2) is 9.78 Å². The number of benzene rings is 1. The third kappa shape index (κ3) is 2.27. The highest BCUT2D eigenvalue weighted by atomic mass is 79.9. The van der Waals surface area contributed by atoms with Gasteiger partial charge in [0.15, 0.2) is 0 Å². The molecule has 0 saturated carbocycles. The zero-order valence-electron chi connectivity index (χ0n) is 11.0. The molecule has 3 aromatic rings. The molecule has 0 bridgehead atoms. The van der Waals surface area contributed by atoms with Crippen molar-refractivity contribution in [2.24, 2.45) is 0 Å². The molecule has 2 N–H and O–H groups in total. The van der Waals surface area contributed by atoms with E-state index in [0.717, 1.165) is 38.5 Å². The number of hydrogen-bond donors (Lipinski definition) is 1. The van der Waals surface area contributed by atoms with Crippen molar-refractivity contribution in [3.8, 4) is 16.9 Å². The van der Waals surface area contributed by atoms with Gasteiger partial charge in [-0.2, -0.15) is 5.10 Å². The van der Waals surface area contributed by atoms with Gasteiger partial charge in [0.2, 0.25) is 0 Å². The van der Waals surface area contributed by atoms with Gasteiger partial charge in [-0.05, 0) is 40.5 Å². The summed E-state index contributed by atoms with van der Waals surface area (Å²) in [5.41, 5.74) is 10.4. The third-order valence-corrected chi connectivity index (χ3v) is 4.72. The molecule has 2 aromatic heterocycles. The van der Waals surface area contributed by atoms with E-state index in [1.807, 2.05) is 35.0 Å². The lowest BCUT2D eigenvalue weighted by Crippen LogP contribution is -2.02. The van der Waals surface area contributed by atoms with E-state index in [4.69, 9.17) is 10.8 Å². The molecule has 0 aliphatic rings. The molecule has 0 fully saturated rings. The van der Waals surface area contributed by atoms with Crippen molar-refractivity contribution in [2.45, 2.75) is 13.3 Å². The maximum atomic E-state index is 6.28. The molecule has 5 heteroatoms. The average molecular weight is 348 g/mol. The fourth-order valence-electron chi connectivity index (χ4n) is 2.24. The fraction of sp³-hybridized carbons (Fsp3) is 0.133. The van der Waals surface area contributed by atoms with Crippen molar-refractivity contribution in [1.82, 2.24) is 9.78 Å². The summed E-state index contributed by atoms with van der Waals surface area (Å²) < 4.78 is 2.92. The van der Waals surface area contributed by atoms with Crippen molar-refractivity contribution in [3.05, 3.63) is 51.1 Å². The van der Waals surface area contributed by atoms with Crippen LogP contribution in [0.25, 0.3) is 16.9 Å². The van der Waals surface area contributed by atoms with E-state index in [1.165, 1.54) is 0 Å². The lowest BCUT2D eigenvalue weighted by Gasteiger charge is -2.03. The lowest BCUT2D eigenvalue weighted by molar-refractivity contribution is 0.895. The van der Waals surface area contributed by atoms with Crippen molar-refractivity contribution in [1.29, 1.82) is 0 Å². The lowest BCUT2D eigenvalue weighted by atomic mass is 10.1. The molecule has 0 unspecified atom stereocenters. The SMILES string of the molecule is CCc1c(-c2csc(Br)c2)nn(-c2ccccc2)c1N. The number of rotatable bonds is 3. The summed E-state index contributed by atoms with van der Waals surface area (Å²) in [6.45, 7) is 2.10. The molecular weight excluding hydrogens is 334 g/mol. The van der Waals surface area contributed by atoms with E-state index in [9.17, 15) is 0 Å².